The van der Waals surface area contributed by atoms with E-state index in [4.69, 9.17) is 9.84 Å². The Hall–Kier alpha value is -1.31. The fourth-order valence-corrected chi connectivity index (χ4v) is 1.99. The van der Waals surface area contributed by atoms with Crippen LogP contribution in [-0.2, 0) is 14.3 Å². The number of aliphatic carboxylic acids is 1. The van der Waals surface area contributed by atoms with Crippen LogP contribution in [0.3, 0.4) is 0 Å². The van der Waals surface area contributed by atoms with Crippen LogP contribution in [0.25, 0.3) is 0 Å². The van der Waals surface area contributed by atoms with E-state index < -0.39 is 42.4 Å². The van der Waals surface area contributed by atoms with Gasteiger partial charge in [-0.3, -0.25) is 4.79 Å². The molecule has 2 N–H and O–H groups in total. The molecule has 1 amide bonds. The van der Waals surface area contributed by atoms with Crippen molar-refractivity contribution in [3.8, 4) is 0 Å². The summed E-state index contributed by atoms with van der Waals surface area (Å²) in [6.07, 6.45) is -5.68. The highest BCUT2D eigenvalue weighted by Gasteiger charge is 2.60. The molecular formula is C11H16F3NO4. The first kappa shape index (κ1) is 15.7. The maximum Gasteiger partial charge on any atom is 0.403 e. The minimum Gasteiger partial charge on any atom is -0.480 e. The maximum absolute atomic E-state index is 13.1. The first-order valence-corrected chi connectivity index (χ1v) is 5.93. The Morgan fingerprint density at radius 1 is 1.37 bits per heavy atom. The third-order valence-corrected chi connectivity index (χ3v) is 3.34. The minimum absolute atomic E-state index is 0.0194. The Bertz CT molecular complexity index is 350. The molecule has 1 heterocycles. The quantitative estimate of drug-likeness (QED) is 0.816. The lowest BCUT2D eigenvalue weighted by molar-refractivity contribution is -0.240. The maximum atomic E-state index is 13.1. The Morgan fingerprint density at radius 2 is 1.89 bits per heavy atom. The lowest BCUT2D eigenvalue weighted by Gasteiger charge is -2.37. The second kappa shape index (κ2) is 5.77. The topological polar surface area (TPSA) is 75.6 Å². The molecule has 1 atom stereocenters. The predicted octanol–water partition coefficient (Wildman–Crippen LogP) is 1.32. The van der Waals surface area contributed by atoms with Crippen molar-refractivity contribution in [2.75, 3.05) is 13.2 Å². The smallest absolute Gasteiger partial charge is 0.403 e. The van der Waals surface area contributed by atoms with Gasteiger partial charge in [-0.1, -0.05) is 6.92 Å². The number of rotatable bonds is 4. The molecule has 1 rings (SSSR count). The zero-order valence-electron chi connectivity index (χ0n) is 10.4. The van der Waals surface area contributed by atoms with Crippen LogP contribution in [0.5, 0.6) is 0 Å². The van der Waals surface area contributed by atoms with Gasteiger partial charge in [-0.05, 0) is 19.3 Å². The van der Waals surface area contributed by atoms with Crippen molar-refractivity contribution in [2.45, 2.75) is 38.4 Å². The van der Waals surface area contributed by atoms with E-state index in [0.29, 0.717) is 0 Å². The van der Waals surface area contributed by atoms with Gasteiger partial charge in [0.15, 0.2) is 0 Å². The standard InChI is InChI=1S/C11H16F3NO4/c1-2-7(8(16)17)15-9(18)10(11(12,13)14)3-5-19-6-4-10/h7H,2-6H2,1H3,(H,15,18)(H,16,17). The van der Waals surface area contributed by atoms with Crippen LogP contribution in [0.15, 0.2) is 0 Å². The van der Waals surface area contributed by atoms with E-state index in [2.05, 4.69) is 0 Å². The number of hydrogen-bond acceptors (Lipinski definition) is 3. The van der Waals surface area contributed by atoms with Crippen molar-refractivity contribution >= 4 is 11.9 Å². The summed E-state index contributed by atoms with van der Waals surface area (Å²) in [6.45, 7) is 1.14. The molecule has 8 heteroatoms. The van der Waals surface area contributed by atoms with Crippen LogP contribution in [-0.4, -0.2) is 42.4 Å². The largest absolute Gasteiger partial charge is 0.480 e. The highest BCUT2D eigenvalue weighted by atomic mass is 19.4. The average Bonchev–Trinajstić information content (AvgIpc) is 2.34. The van der Waals surface area contributed by atoms with Crippen LogP contribution in [0.2, 0.25) is 0 Å². The molecule has 0 aromatic carbocycles. The van der Waals surface area contributed by atoms with E-state index in [9.17, 15) is 22.8 Å². The number of carbonyl (C=O) groups is 2. The molecular weight excluding hydrogens is 267 g/mol. The molecule has 0 radical (unpaired) electrons. The highest BCUT2D eigenvalue weighted by Crippen LogP contribution is 2.46. The first-order chi connectivity index (χ1) is 8.74. The van der Waals surface area contributed by atoms with Crippen molar-refractivity contribution in [1.82, 2.24) is 5.32 Å². The summed E-state index contributed by atoms with van der Waals surface area (Å²) in [5.41, 5.74) is -2.55. The Labute approximate surface area is 108 Å². The van der Waals surface area contributed by atoms with Crippen LogP contribution >= 0.6 is 0 Å². The van der Waals surface area contributed by atoms with Gasteiger partial charge in [0.2, 0.25) is 5.91 Å². The molecule has 0 aliphatic carbocycles. The zero-order valence-corrected chi connectivity index (χ0v) is 10.4. The van der Waals surface area contributed by atoms with Crippen molar-refractivity contribution in [2.24, 2.45) is 5.41 Å². The Morgan fingerprint density at radius 3 is 2.26 bits per heavy atom. The van der Waals surface area contributed by atoms with Crippen LogP contribution < -0.4 is 5.32 Å². The lowest BCUT2D eigenvalue weighted by atomic mass is 9.78. The summed E-state index contributed by atoms with van der Waals surface area (Å²) < 4.78 is 44.3. The molecule has 0 saturated carbocycles. The van der Waals surface area contributed by atoms with E-state index in [1.807, 2.05) is 5.32 Å². The fraction of sp³-hybridized carbons (Fsp3) is 0.818. The molecule has 0 aromatic rings. The Kier molecular flexibility index (Phi) is 4.78. The molecule has 1 unspecified atom stereocenters. The molecule has 19 heavy (non-hydrogen) atoms. The summed E-state index contributed by atoms with van der Waals surface area (Å²) in [6, 6.07) is -1.31. The zero-order chi connectivity index (χ0) is 14.7. The summed E-state index contributed by atoms with van der Waals surface area (Å²) in [5, 5.41) is 10.8. The normalized spacial score (nSPS) is 20.6. The van der Waals surface area contributed by atoms with E-state index in [1.165, 1.54) is 6.92 Å². The summed E-state index contributed by atoms with van der Waals surface area (Å²) in [5.74, 6) is -2.63. The molecule has 0 spiro atoms. The van der Waals surface area contributed by atoms with Crippen molar-refractivity contribution in [3.63, 3.8) is 0 Å². The number of carboxylic acids is 1. The number of hydrogen-bond donors (Lipinski definition) is 2. The van der Waals surface area contributed by atoms with Crippen LogP contribution in [0, 0.1) is 5.41 Å². The highest BCUT2D eigenvalue weighted by molar-refractivity contribution is 5.88. The molecule has 1 aliphatic heterocycles. The molecule has 1 fully saturated rings. The number of carbonyl (C=O) groups excluding carboxylic acids is 1. The van der Waals surface area contributed by atoms with Crippen molar-refractivity contribution in [3.05, 3.63) is 0 Å². The second-order valence-corrected chi connectivity index (χ2v) is 4.46. The van der Waals surface area contributed by atoms with Gasteiger partial charge < -0.3 is 15.2 Å². The number of amides is 1. The summed E-state index contributed by atoms with van der Waals surface area (Å²) >= 11 is 0. The first-order valence-electron chi connectivity index (χ1n) is 5.93. The predicted molar refractivity (Wildman–Crippen MR) is 58.4 cm³/mol. The van der Waals surface area contributed by atoms with Gasteiger partial charge in [0.25, 0.3) is 0 Å². The van der Waals surface area contributed by atoms with Crippen LogP contribution in [0.4, 0.5) is 13.2 Å². The summed E-state index contributed by atoms with van der Waals surface area (Å²) in [4.78, 5) is 22.7. The van der Waals surface area contributed by atoms with Gasteiger partial charge in [0, 0.05) is 13.2 Å². The number of alkyl halides is 3. The molecule has 0 aromatic heterocycles. The fourth-order valence-electron chi connectivity index (χ4n) is 1.99. The monoisotopic (exact) mass is 283 g/mol. The van der Waals surface area contributed by atoms with Gasteiger partial charge in [-0.15, -0.1) is 0 Å². The minimum atomic E-state index is -4.72. The van der Waals surface area contributed by atoms with E-state index >= 15 is 0 Å². The van der Waals surface area contributed by atoms with Gasteiger partial charge in [-0.25, -0.2) is 4.79 Å². The number of carboxylic acid groups (broad SMARTS) is 1. The van der Waals surface area contributed by atoms with Gasteiger partial charge in [-0.2, -0.15) is 13.2 Å². The molecule has 0 bridgehead atoms. The second-order valence-electron chi connectivity index (χ2n) is 4.46. The molecule has 1 aliphatic rings. The Balaban J connectivity index is 2.93. The van der Waals surface area contributed by atoms with Crippen molar-refractivity contribution in [1.29, 1.82) is 0 Å². The SMILES string of the molecule is CCC(NC(=O)C1(C(F)(F)F)CCOCC1)C(=O)O. The number of halogens is 3. The van der Waals surface area contributed by atoms with Gasteiger partial charge in [0.1, 0.15) is 11.5 Å². The van der Waals surface area contributed by atoms with E-state index in [0.717, 1.165) is 0 Å². The third kappa shape index (κ3) is 3.17. The molecule has 5 nitrogen and oxygen atoms in total. The average molecular weight is 283 g/mol. The lowest BCUT2D eigenvalue weighted by Crippen LogP contribution is -2.56. The van der Waals surface area contributed by atoms with E-state index in [-0.39, 0.29) is 19.6 Å². The third-order valence-electron chi connectivity index (χ3n) is 3.34. The van der Waals surface area contributed by atoms with E-state index in [1.54, 1.807) is 0 Å². The number of ether oxygens (including phenoxy) is 1. The molecule has 1 saturated heterocycles. The number of nitrogens with one attached hydrogen (secondary N) is 1. The van der Waals surface area contributed by atoms with Crippen molar-refractivity contribution < 1.29 is 32.6 Å². The van der Waals surface area contributed by atoms with Gasteiger partial charge >= 0.3 is 12.1 Å². The molecule has 110 valence electrons. The van der Waals surface area contributed by atoms with Crippen LogP contribution in [0.1, 0.15) is 26.2 Å². The van der Waals surface area contributed by atoms with Gasteiger partial charge in [0.05, 0.1) is 0 Å². The summed E-state index contributed by atoms with van der Waals surface area (Å²) in [7, 11) is 0.